The summed E-state index contributed by atoms with van der Waals surface area (Å²) in [6, 6.07) is 0.582. The summed E-state index contributed by atoms with van der Waals surface area (Å²) >= 11 is 1.83. The second-order valence-corrected chi connectivity index (χ2v) is 5.49. The average molecular weight is 225 g/mol. The van der Waals surface area contributed by atoms with E-state index in [4.69, 9.17) is 0 Å². The van der Waals surface area contributed by atoms with E-state index >= 15 is 0 Å². The minimum atomic E-state index is 0.582. The molecule has 1 saturated carbocycles. The quantitative estimate of drug-likeness (QED) is 0.826. The number of tetrazole rings is 1. The molecule has 0 spiro atoms. The van der Waals surface area contributed by atoms with Crippen molar-refractivity contribution in [2.45, 2.75) is 42.1 Å². The highest BCUT2D eigenvalue weighted by Gasteiger charge is 2.29. The van der Waals surface area contributed by atoms with Gasteiger partial charge in [0.25, 0.3) is 0 Å². The lowest BCUT2D eigenvalue weighted by atomic mass is 10.2. The minimum absolute atomic E-state index is 0.582. The zero-order chi connectivity index (χ0) is 10.1. The molecule has 0 aromatic carbocycles. The van der Waals surface area contributed by atoms with Crippen LogP contribution < -0.4 is 5.32 Å². The van der Waals surface area contributed by atoms with Gasteiger partial charge in [-0.3, -0.25) is 0 Å². The number of rotatable bonds is 3. The van der Waals surface area contributed by atoms with Gasteiger partial charge in [-0.05, 0) is 42.7 Å². The highest BCUT2D eigenvalue weighted by Crippen LogP contribution is 2.37. The lowest BCUT2D eigenvalue weighted by molar-refractivity contribution is 0.525. The Labute approximate surface area is 93.0 Å². The van der Waals surface area contributed by atoms with Crippen molar-refractivity contribution in [2.24, 2.45) is 0 Å². The van der Waals surface area contributed by atoms with Crippen LogP contribution in [0.5, 0.6) is 0 Å². The summed E-state index contributed by atoms with van der Waals surface area (Å²) in [5, 5.41) is 17.0. The summed E-state index contributed by atoms with van der Waals surface area (Å²) in [4.78, 5) is 0. The van der Waals surface area contributed by atoms with Crippen LogP contribution in [0.2, 0.25) is 0 Å². The van der Waals surface area contributed by atoms with Gasteiger partial charge < -0.3 is 5.32 Å². The SMILES string of the molecule is C1CNCC(Sc2nnnn2C2CC2)C1. The predicted molar refractivity (Wildman–Crippen MR) is 57.8 cm³/mol. The third-order valence-electron chi connectivity index (χ3n) is 2.88. The topological polar surface area (TPSA) is 55.6 Å². The molecule has 0 amide bonds. The van der Waals surface area contributed by atoms with Crippen LogP contribution in [0.3, 0.4) is 0 Å². The first kappa shape index (κ1) is 9.59. The number of thioether (sulfide) groups is 1. The fraction of sp³-hybridized carbons (Fsp3) is 0.889. The Bertz CT molecular complexity index is 329. The molecule has 3 rings (SSSR count). The molecule has 1 unspecified atom stereocenters. The molecule has 1 aliphatic carbocycles. The van der Waals surface area contributed by atoms with Crippen LogP contribution >= 0.6 is 11.8 Å². The maximum absolute atomic E-state index is 4.11. The van der Waals surface area contributed by atoms with E-state index < -0.39 is 0 Å². The molecule has 82 valence electrons. The maximum atomic E-state index is 4.11. The van der Waals surface area contributed by atoms with Crippen LogP contribution in [0.1, 0.15) is 31.7 Å². The monoisotopic (exact) mass is 225 g/mol. The molecular weight excluding hydrogens is 210 g/mol. The minimum Gasteiger partial charge on any atom is -0.316 e. The van der Waals surface area contributed by atoms with Gasteiger partial charge in [0.1, 0.15) is 0 Å². The van der Waals surface area contributed by atoms with E-state index in [2.05, 4.69) is 20.8 Å². The number of nitrogens with zero attached hydrogens (tertiary/aromatic N) is 4. The number of hydrogen-bond acceptors (Lipinski definition) is 5. The highest BCUT2D eigenvalue weighted by atomic mass is 32.2. The number of hydrogen-bond donors (Lipinski definition) is 1. The Morgan fingerprint density at radius 1 is 1.33 bits per heavy atom. The van der Waals surface area contributed by atoms with E-state index in [1.54, 1.807) is 0 Å². The molecule has 6 heteroatoms. The van der Waals surface area contributed by atoms with Gasteiger partial charge in [-0.25, -0.2) is 4.68 Å². The number of aromatic nitrogens is 4. The van der Waals surface area contributed by atoms with Crippen molar-refractivity contribution in [3.63, 3.8) is 0 Å². The molecule has 2 aliphatic rings. The Kier molecular flexibility index (Phi) is 2.62. The number of nitrogens with one attached hydrogen (secondary N) is 1. The summed E-state index contributed by atoms with van der Waals surface area (Å²) in [5.74, 6) is 0. The van der Waals surface area contributed by atoms with Crippen molar-refractivity contribution in [3.05, 3.63) is 0 Å². The van der Waals surface area contributed by atoms with Gasteiger partial charge >= 0.3 is 0 Å². The third kappa shape index (κ3) is 2.15. The van der Waals surface area contributed by atoms with Crippen LogP contribution in [0.4, 0.5) is 0 Å². The molecule has 0 bridgehead atoms. The molecule has 1 aromatic heterocycles. The van der Waals surface area contributed by atoms with Crippen molar-refractivity contribution in [2.75, 3.05) is 13.1 Å². The van der Waals surface area contributed by atoms with Crippen LogP contribution in [0, 0.1) is 0 Å². The second-order valence-electron chi connectivity index (χ2n) is 4.22. The lowest BCUT2D eigenvalue weighted by Crippen LogP contribution is -2.31. The smallest absolute Gasteiger partial charge is 0.209 e. The Balaban J connectivity index is 1.67. The first-order chi connectivity index (χ1) is 7.43. The second kappa shape index (κ2) is 4.09. The van der Waals surface area contributed by atoms with E-state index in [-0.39, 0.29) is 0 Å². The predicted octanol–water partition coefficient (Wildman–Crippen LogP) is 0.852. The molecule has 15 heavy (non-hydrogen) atoms. The van der Waals surface area contributed by atoms with Crippen LogP contribution in [0.15, 0.2) is 5.16 Å². The Hall–Kier alpha value is -0.620. The van der Waals surface area contributed by atoms with Gasteiger partial charge in [-0.2, -0.15) is 0 Å². The third-order valence-corrected chi connectivity index (χ3v) is 4.09. The van der Waals surface area contributed by atoms with Crippen molar-refractivity contribution in [1.29, 1.82) is 0 Å². The van der Waals surface area contributed by atoms with Gasteiger partial charge in [-0.1, -0.05) is 11.8 Å². The molecule has 1 N–H and O–H groups in total. The fourth-order valence-electron chi connectivity index (χ4n) is 1.88. The molecule has 5 nitrogen and oxygen atoms in total. The summed E-state index contributed by atoms with van der Waals surface area (Å²) in [5.41, 5.74) is 0. The zero-order valence-electron chi connectivity index (χ0n) is 8.59. The van der Waals surface area contributed by atoms with Gasteiger partial charge in [0.15, 0.2) is 0 Å². The van der Waals surface area contributed by atoms with Crippen molar-refractivity contribution in [3.8, 4) is 0 Å². The normalized spacial score (nSPS) is 26.8. The molecule has 1 aromatic rings. The first-order valence-electron chi connectivity index (χ1n) is 5.59. The largest absolute Gasteiger partial charge is 0.316 e. The summed E-state index contributed by atoms with van der Waals surface area (Å²) < 4.78 is 2.00. The van der Waals surface area contributed by atoms with E-state index in [9.17, 15) is 0 Å². The fourth-order valence-corrected chi connectivity index (χ4v) is 3.04. The van der Waals surface area contributed by atoms with E-state index in [0.717, 1.165) is 18.2 Å². The molecule has 0 radical (unpaired) electrons. The van der Waals surface area contributed by atoms with Gasteiger partial charge in [0, 0.05) is 11.8 Å². The van der Waals surface area contributed by atoms with Crippen molar-refractivity contribution >= 4 is 11.8 Å². The van der Waals surface area contributed by atoms with E-state index in [0.29, 0.717) is 11.3 Å². The molecule has 2 heterocycles. The van der Waals surface area contributed by atoms with Gasteiger partial charge in [0.2, 0.25) is 5.16 Å². The maximum Gasteiger partial charge on any atom is 0.209 e. The zero-order valence-corrected chi connectivity index (χ0v) is 9.41. The van der Waals surface area contributed by atoms with Crippen LogP contribution in [0.25, 0.3) is 0 Å². The van der Waals surface area contributed by atoms with Crippen molar-refractivity contribution < 1.29 is 0 Å². The summed E-state index contributed by atoms with van der Waals surface area (Å²) in [6.07, 6.45) is 5.01. The highest BCUT2D eigenvalue weighted by molar-refractivity contribution is 7.99. The average Bonchev–Trinajstić information content (AvgIpc) is 3.02. The first-order valence-corrected chi connectivity index (χ1v) is 6.46. The Morgan fingerprint density at radius 2 is 2.27 bits per heavy atom. The molecule has 1 aliphatic heterocycles. The number of piperidine rings is 1. The van der Waals surface area contributed by atoms with E-state index in [1.165, 1.54) is 25.7 Å². The Morgan fingerprint density at radius 3 is 3.00 bits per heavy atom. The van der Waals surface area contributed by atoms with Crippen LogP contribution in [-0.4, -0.2) is 38.5 Å². The van der Waals surface area contributed by atoms with Crippen LogP contribution in [-0.2, 0) is 0 Å². The summed E-state index contributed by atoms with van der Waals surface area (Å²) in [7, 11) is 0. The molecule has 2 fully saturated rings. The lowest BCUT2D eigenvalue weighted by Gasteiger charge is -2.21. The molecule has 1 atom stereocenters. The van der Waals surface area contributed by atoms with Crippen molar-refractivity contribution in [1.82, 2.24) is 25.5 Å². The molecule has 1 saturated heterocycles. The van der Waals surface area contributed by atoms with Gasteiger partial charge in [-0.15, -0.1) is 5.10 Å². The van der Waals surface area contributed by atoms with E-state index in [1.807, 2.05) is 16.4 Å². The standard InChI is InChI=1S/C9H15N5S/c1-2-8(6-10-5-1)15-9-11-12-13-14(9)7-3-4-7/h7-8,10H,1-6H2. The van der Waals surface area contributed by atoms with Gasteiger partial charge in [0.05, 0.1) is 6.04 Å². The summed E-state index contributed by atoms with van der Waals surface area (Å²) in [6.45, 7) is 2.24. The molecular formula is C9H15N5S.